The van der Waals surface area contributed by atoms with Crippen LogP contribution in [-0.4, -0.2) is 41.2 Å². The lowest BCUT2D eigenvalue weighted by Gasteiger charge is -2.25. The predicted octanol–water partition coefficient (Wildman–Crippen LogP) is 4.36. The minimum absolute atomic E-state index is 0.578. The Hall–Kier alpha value is -1.51. The highest BCUT2D eigenvalue weighted by Gasteiger charge is 2.13. The van der Waals surface area contributed by atoms with Crippen molar-refractivity contribution in [3.05, 3.63) is 50.9 Å². The van der Waals surface area contributed by atoms with Crippen molar-refractivity contribution in [2.75, 3.05) is 31.6 Å². The molecule has 1 N–H and O–H groups in total. The number of hydrogen-bond acceptors (Lipinski definition) is 7. The second kappa shape index (κ2) is 8.45. The maximum atomic E-state index is 5.86. The Labute approximate surface area is 165 Å². The molecule has 8 heteroatoms. The Kier molecular flexibility index (Phi) is 5.81. The van der Waals surface area contributed by atoms with Crippen molar-refractivity contribution in [3.63, 3.8) is 0 Å². The van der Waals surface area contributed by atoms with E-state index in [1.807, 2.05) is 0 Å². The zero-order chi connectivity index (χ0) is 17.8. The van der Waals surface area contributed by atoms with Crippen LogP contribution in [-0.2, 0) is 17.8 Å². The summed E-state index contributed by atoms with van der Waals surface area (Å²) in [6, 6.07) is 8.39. The van der Waals surface area contributed by atoms with Crippen LogP contribution >= 0.6 is 34.3 Å². The topological polar surface area (TPSA) is 50.3 Å². The number of thiazole rings is 2. The minimum Gasteiger partial charge on any atom is -0.380 e. The van der Waals surface area contributed by atoms with Crippen molar-refractivity contribution in [1.82, 2.24) is 14.9 Å². The second-order valence-corrected chi connectivity index (χ2v) is 8.60. The Bertz CT molecular complexity index is 843. The molecule has 0 saturated carbocycles. The van der Waals surface area contributed by atoms with E-state index in [0.717, 1.165) is 66.2 Å². The number of benzene rings is 1. The predicted molar refractivity (Wildman–Crippen MR) is 108 cm³/mol. The molecule has 0 bridgehead atoms. The van der Waals surface area contributed by atoms with Crippen molar-refractivity contribution in [3.8, 4) is 10.6 Å². The minimum atomic E-state index is 0.578. The first-order valence-electron chi connectivity index (χ1n) is 8.45. The molecule has 1 aromatic carbocycles. The van der Waals surface area contributed by atoms with E-state index >= 15 is 0 Å². The summed E-state index contributed by atoms with van der Waals surface area (Å²) in [6.45, 7) is 5.23. The van der Waals surface area contributed by atoms with Crippen molar-refractivity contribution in [1.29, 1.82) is 0 Å². The number of aromatic nitrogens is 2. The third kappa shape index (κ3) is 4.61. The summed E-state index contributed by atoms with van der Waals surface area (Å²) in [5.41, 5.74) is 3.36. The van der Waals surface area contributed by atoms with Crippen molar-refractivity contribution < 1.29 is 4.74 Å². The summed E-state index contributed by atoms with van der Waals surface area (Å²) >= 11 is 9.05. The van der Waals surface area contributed by atoms with Crippen LogP contribution < -0.4 is 5.32 Å². The highest BCUT2D eigenvalue weighted by atomic mass is 35.5. The quantitative estimate of drug-likeness (QED) is 0.658. The largest absolute Gasteiger partial charge is 0.380 e. The van der Waals surface area contributed by atoms with Crippen LogP contribution in [0, 0.1) is 0 Å². The molecule has 3 aromatic rings. The summed E-state index contributed by atoms with van der Waals surface area (Å²) in [5, 5.41) is 6.61. The van der Waals surface area contributed by atoms with Gasteiger partial charge in [-0.25, -0.2) is 9.97 Å². The van der Waals surface area contributed by atoms with Gasteiger partial charge in [-0.05, 0) is 24.3 Å². The second-order valence-electron chi connectivity index (χ2n) is 6.04. The monoisotopic (exact) mass is 406 g/mol. The Balaban J connectivity index is 1.35. The molecule has 1 aliphatic heterocycles. The molecule has 26 heavy (non-hydrogen) atoms. The first-order valence-corrected chi connectivity index (χ1v) is 10.5. The van der Waals surface area contributed by atoms with Crippen LogP contribution in [0.4, 0.5) is 5.69 Å². The lowest BCUT2D eigenvalue weighted by molar-refractivity contribution is 0.0337. The fraction of sp³-hybridized carbons (Fsp3) is 0.333. The summed E-state index contributed by atoms with van der Waals surface area (Å²) in [7, 11) is 0. The SMILES string of the molecule is Clc1ncc(CNc2ccc(-c3nc(CN4CCOCC4)cs3)cc2)s1. The van der Waals surface area contributed by atoms with Gasteiger partial charge in [0.15, 0.2) is 4.47 Å². The molecule has 136 valence electrons. The summed E-state index contributed by atoms with van der Waals surface area (Å²) in [4.78, 5) is 12.4. The fourth-order valence-electron chi connectivity index (χ4n) is 2.79. The van der Waals surface area contributed by atoms with Gasteiger partial charge in [0.1, 0.15) is 5.01 Å². The molecule has 1 fully saturated rings. The standard InChI is InChI=1S/C18H19ClN4OS2/c19-18-21-10-16(26-18)9-20-14-3-1-13(2-4-14)17-22-15(12-25-17)11-23-5-7-24-8-6-23/h1-4,10,12,20H,5-9,11H2. The molecule has 0 aliphatic carbocycles. The van der Waals surface area contributed by atoms with Gasteiger partial charge < -0.3 is 10.1 Å². The van der Waals surface area contributed by atoms with Gasteiger partial charge in [-0.15, -0.1) is 22.7 Å². The Morgan fingerprint density at radius 2 is 2.00 bits per heavy atom. The van der Waals surface area contributed by atoms with Crippen molar-refractivity contribution >= 4 is 40.0 Å². The lowest BCUT2D eigenvalue weighted by Crippen LogP contribution is -2.35. The third-order valence-electron chi connectivity index (χ3n) is 4.17. The van der Waals surface area contributed by atoms with E-state index in [4.69, 9.17) is 21.3 Å². The van der Waals surface area contributed by atoms with Gasteiger partial charge in [0.2, 0.25) is 0 Å². The molecule has 1 saturated heterocycles. The number of morpholine rings is 1. The van der Waals surface area contributed by atoms with Gasteiger partial charge in [-0.3, -0.25) is 4.90 Å². The Morgan fingerprint density at radius 1 is 1.19 bits per heavy atom. The maximum absolute atomic E-state index is 5.86. The molecular formula is C18H19ClN4OS2. The smallest absolute Gasteiger partial charge is 0.183 e. The molecule has 0 radical (unpaired) electrons. The molecule has 4 rings (SSSR count). The normalized spacial score (nSPS) is 15.3. The van der Waals surface area contributed by atoms with Crippen molar-refractivity contribution in [2.45, 2.75) is 13.1 Å². The third-order valence-corrected chi connectivity index (χ3v) is 6.22. The van der Waals surface area contributed by atoms with E-state index in [1.54, 1.807) is 17.5 Å². The van der Waals surface area contributed by atoms with Crippen LogP contribution in [0.1, 0.15) is 10.6 Å². The van der Waals surface area contributed by atoms with E-state index < -0.39 is 0 Å². The molecule has 0 unspecified atom stereocenters. The molecule has 0 amide bonds. The fourth-order valence-corrected chi connectivity index (χ4v) is 4.52. The van der Waals surface area contributed by atoms with Crippen molar-refractivity contribution in [2.24, 2.45) is 0 Å². The van der Waals surface area contributed by atoms with Gasteiger partial charge in [0.25, 0.3) is 0 Å². The highest BCUT2D eigenvalue weighted by Crippen LogP contribution is 2.26. The lowest BCUT2D eigenvalue weighted by atomic mass is 10.2. The highest BCUT2D eigenvalue weighted by molar-refractivity contribution is 7.15. The van der Waals surface area contributed by atoms with Gasteiger partial charge in [-0.2, -0.15) is 0 Å². The number of nitrogens with one attached hydrogen (secondary N) is 1. The molecule has 3 heterocycles. The van der Waals surface area contributed by atoms with E-state index in [2.05, 4.69) is 44.8 Å². The average molecular weight is 407 g/mol. The van der Waals surface area contributed by atoms with E-state index in [9.17, 15) is 0 Å². The molecule has 5 nitrogen and oxygen atoms in total. The van der Waals surface area contributed by atoms with Crippen LogP contribution in [0.5, 0.6) is 0 Å². The number of rotatable bonds is 6. The molecular weight excluding hydrogens is 388 g/mol. The Morgan fingerprint density at radius 3 is 2.73 bits per heavy atom. The number of halogens is 1. The number of hydrogen-bond donors (Lipinski definition) is 1. The maximum Gasteiger partial charge on any atom is 0.183 e. The zero-order valence-electron chi connectivity index (χ0n) is 14.2. The summed E-state index contributed by atoms with van der Waals surface area (Å²) < 4.78 is 5.98. The molecule has 1 aliphatic rings. The van der Waals surface area contributed by atoms with Gasteiger partial charge in [0, 0.05) is 47.3 Å². The number of nitrogens with zero attached hydrogens (tertiary/aromatic N) is 3. The molecule has 0 atom stereocenters. The van der Waals surface area contributed by atoms with Crippen LogP contribution in [0.2, 0.25) is 4.47 Å². The summed E-state index contributed by atoms with van der Waals surface area (Å²) in [5.74, 6) is 0. The van der Waals surface area contributed by atoms with E-state index in [0.29, 0.717) is 4.47 Å². The summed E-state index contributed by atoms with van der Waals surface area (Å²) in [6.07, 6.45) is 1.81. The van der Waals surface area contributed by atoms with Crippen LogP contribution in [0.3, 0.4) is 0 Å². The number of anilines is 1. The number of ether oxygens (including phenoxy) is 1. The first-order chi connectivity index (χ1) is 12.8. The van der Waals surface area contributed by atoms with E-state index in [1.165, 1.54) is 11.3 Å². The molecule has 2 aromatic heterocycles. The van der Waals surface area contributed by atoms with Crippen LogP contribution in [0.25, 0.3) is 10.6 Å². The van der Waals surface area contributed by atoms with Crippen LogP contribution in [0.15, 0.2) is 35.8 Å². The van der Waals surface area contributed by atoms with E-state index in [-0.39, 0.29) is 0 Å². The first kappa shape index (κ1) is 17.9. The van der Waals surface area contributed by atoms with Gasteiger partial charge >= 0.3 is 0 Å². The molecule has 0 spiro atoms. The van der Waals surface area contributed by atoms with Gasteiger partial charge in [-0.1, -0.05) is 11.6 Å². The van der Waals surface area contributed by atoms with Gasteiger partial charge in [0.05, 0.1) is 25.5 Å². The zero-order valence-corrected chi connectivity index (χ0v) is 16.5. The average Bonchev–Trinajstić information content (AvgIpc) is 3.30.